The topological polar surface area (TPSA) is 50.9 Å². The Kier molecular flexibility index (Phi) is 4.74. The normalized spacial score (nSPS) is 12.1. The van der Waals surface area contributed by atoms with Gasteiger partial charge in [-0.1, -0.05) is 30.7 Å². The Bertz CT molecular complexity index is 569. The van der Waals surface area contributed by atoms with Crippen molar-refractivity contribution in [3.8, 4) is 0 Å². The number of nitrogens with one attached hydrogen (secondary N) is 1. The highest BCUT2D eigenvalue weighted by molar-refractivity contribution is 7.80. The Morgan fingerprint density at radius 3 is 2.95 bits per heavy atom. The molecule has 100 valence electrons. The molecule has 3 nitrogen and oxygen atoms in total. The van der Waals surface area contributed by atoms with E-state index in [0.29, 0.717) is 10.0 Å². The van der Waals surface area contributed by atoms with Crippen molar-refractivity contribution in [2.45, 2.75) is 19.4 Å². The molecule has 0 aliphatic rings. The van der Waals surface area contributed by atoms with Gasteiger partial charge in [0.1, 0.15) is 10.00 Å². The van der Waals surface area contributed by atoms with E-state index in [4.69, 9.17) is 29.6 Å². The average Bonchev–Trinajstić information content (AvgIpc) is 2.90. The van der Waals surface area contributed by atoms with Gasteiger partial charge in [0.05, 0.1) is 6.04 Å². The third-order valence-electron chi connectivity index (χ3n) is 2.73. The molecule has 0 radical (unpaired) electrons. The fourth-order valence-electron chi connectivity index (χ4n) is 1.78. The largest absolute Gasteiger partial charge is 0.389 e. The number of nitrogens with zero attached hydrogens (tertiary/aromatic N) is 1. The van der Waals surface area contributed by atoms with Gasteiger partial charge in [0.15, 0.2) is 0 Å². The summed E-state index contributed by atoms with van der Waals surface area (Å²) < 4.78 is 0. The van der Waals surface area contributed by atoms with E-state index in [1.54, 1.807) is 23.6 Å². The van der Waals surface area contributed by atoms with Crippen LogP contribution in [0.3, 0.4) is 0 Å². The zero-order chi connectivity index (χ0) is 13.8. The minimum Gasteiger partial charge on any atom is -0.389 e. The highest BCUT2D eigenvalue weighted by Gasteiger charge is 2.14. The van der Waals surface area contributed by atoms with E-state index < -0.39 is 0 Å². The van der Waals surface area contributed by atoms with Crippen molar-refractivity contribution in [1.82, 2.24) is 4.98 Å². The van der Waals surface area contributed by atoms with E-state index in [1.165, 1.54) is 0 Å². The summed E-state index contributed by atoms with van der Waals surface area (Å²) in [6, 6.07) is 5.64. The standard InChI is InChI=1S/C13H14ClN3S2/c1-2-10(13-16-5-6-19-13)17-11-4-3-8(14)7-9(11)12(15)18/h3-7,10,17H,2H2,1H3,(H2,15,18). The van der Waals surface area contributed by atoms with E-state index in [2.05, 4.69) is 17.2 Å². The lowest BCUT2D eigenvalue weighted by atomic mass is 10.1. The first kappa shape index (κ1) is 14.2. The van der Waals surface area contributed by atoms with Crippen LogP contribution in [0.15, 0.2) is 29.8 Å². The molecule has 2 aromatic rings. The number of rotatable bonds is 5. The minimum absolute atomic E-state index is 0.147. The number of hydrogen-bond acceptors (Lipinski definition) is 4. The van der Waals surface area contributed by atoms with Gasteiger partial charge in [0.25, 0.3) is 0 Å². The fourth-order valence-corrected chi connectivity index (χ4v) is 2.89. The number of thiazole rings is 1. The molecule has 0 spiro atoms. The van der Waals surface area contributed by atoms with Crippen LogP contribution < -0.4 is 11.1 Å². The van der Waals surface area contributed by atoms with Crippen molar-refractivity contribution in [2.75, 3.05) is 5.32 Å². The van der Waals surface area contributed by atoms with E-state index in [-0.39, 0.29) is 6.04 Å². The molecule has 19 heavy (non-hydrogen) atoms. The quantitative estimate of drug-likeness (QED) is 0.820. The average molecular weight is 312 g/mol. The summed E-state index contributed by atoms with van der Waals surface area (Å²) in [5.41, 5.74) is 7.39. The molecule has 1 aromatic heterocycles. The summed E-state index contributed by atoms with van der Waals surface area (Å²) in [5, 5.41) is 7.07. The van der Waals surface area contributed by atoms with E-state index in [1.807, 2.05) is 17.5 Å². The predicted octanol–water partition coefficient (Wildman–Crippen LogP) is 3.99. The Morgan fingerprint density at radius 2 is 2.37 bits per heavy atom. The summed E-state index contributed by atoms with van der Waals surface area (Å²) in [5.74, 6) is 0. The number of benzene rings is 1. The first-order chi connectivity index (χ1) is 9.11. The lowest BCUT2D eigenvalue weighted by molar-refractivity contribution is 0.742. The molecule has 0 fully saturated rings. The molecule has 3 N–H and O–H groups in total. The van der Waals surface area contributed by atoms with Crippen LogP contribution in [0.1, 0.15) is 30.0 Å². The maximum absolute atomic E-state index is 5.98. The van der Waals surface area contributed by atoms with E-state index in [0.717, 1.165) is 22.7 Å². The van der Waals surface area contributed by atoms with Crippen molar-refractivity contribution in [3.05, 3.63) is 45.4 Å². The summed E-state index contributed by atoms with van der Waals surface area (Å²) in [6.45, 7) is 2.11. The Balaban J connectivity index is 2.29. The maximum atomic E-state index is 5.98. The van der Waals surface area contributed by atoms with Crippen LogP contribution >= 0.6 is 35.2 Å². The summed E-state index contributed by atoms with van der Waals surface area (Å²) >= 11 is 12.7. The first-order valence-electron chi connectivity index (χ1n) is 5.87. The molecule has 0 aliphatic carbocycles. The van der Waals surface area contributed by atoms with Gasteiger partial charge in [-0.05, 0) is 24.6 Å². The molecule has 6 heteroatoms. The maximum Gasteiger partial charge on any atom is 0.115 e. The molecule has 0 saturated heterocycles. The van der Waals surface area contributed by atoms with Crippen LogP contribution in [0, 0.1) is 0 Å². The molecule has 1 heterocycles. The Morgan fingerprint density at radius 1 is 1.58 bits per heavy atom. The highest BCUT2D eigenvalue weighted by atomic mass is 35.5. The molecular weight excluding hydrogens is 298 g/mol. The molecule has 2 rings (SSSR count). The van der Waals surface area contributed by atoms with Crippen LogP contribution in [-0.4, -0.2) is 9.97 Å². The van der Waals surface area contributed by atoms with E-state index >= 15 is 0 Å². The van der Waals surface area contributed by atoms with Crippen LogP contribution in [0.25, 0.3) is 0 Å². The number of hydrogen-bond donors (Lipinski definition) is 2. The molecular formula is C13H14ClN3S2. The van der Waals surface area contributed by atoms with Gasteiger partial charge in [0, 0.05) is 27.9 Å². The van der Waals surface area contributed by atoms with Crippen LogP contribution in [0.5, 0.6) is 0 Å². The zero-order valence-corrected chi connectivity index (χ0v) is 12.8. The molecule has 1 unspecified atom stereocenters. The predicted molar refractivity (Wildman–Crippen MR) is 86.1 cm³/mol. The fraction of sp³-hybridized carbons (Fsp3) is 0.231. The Hall–Kier alpha value is -1.17. The monoisotopic (exact) mass is 311 g/mol. The lowest BCUT2D eigenvalue weighted by Gasteiger charge is -2.18. The van der Waals surface area contributed by atoms with Crippen molar-refractivity contribution in [1.29, 1.82) is 0 Å². The van der Waals surface area contributed by atoms with E-state index in [9.17, 15) is 0 Å². The number of halogens is 1. The highest BCUT2D eigenvalue weighted by Crippen LogP contribution is 2.28. The minimum atomic E-state index is 0.147. The second-order valence-electron chi connectivity index (χ2n) is 4.03. The molecule has 0 bridgehead atoms. The number of aromatic nitrogens is 1. The smallest absolute Gasteiger partial charge is 0.115 e. The van der Waals surface area contributed by atoms with Crippen LogP contribution in [0.2, 0.25) is 5.02 Å². The van der Waals surface area contributed by atoms with Gasteiger partial charge >= 0.3 is 0 Å². The molecule has 1 aromatic carbocycles. The van der Waals surface area contributed by atoms with Gasteiger partial charge in [0.2, 0.25) is 0 Å². The lowest BCUT2D eigenvalue weighted by Crippen LogP contribution is -2.16. The molecule has 1 atom stereocenters. The molecule has 0 saturated carbocycles. The van der Waals surface area contributed by atoms with Gasteiger partial charge < -0.3 is 11.1 Å². The van der Waals surface area contributed by atoms with Crippen molar-refractivity contribution < 1.29 is 0 Å². The first-order valence-corrected chi connectivity index (χ1v) is 7.53. The van der Waals surface area contributed by atoms with Crippen LogP contribution in [0.4, 0.5) is 5.69 Å². The molecule has 0 amide bonds. The second-order valence-corrected chi connectivity index (χ2v) is 5.83. The van der Waals surface area contributed by atoms with Crippen LogP contribution in [-0.2, 0) is 0 Å². The number of nitrogens with two attached hydrogens (primary N) is 1. The van der Waals surface area contributed by atoms with Crippen molar-refractivity contribution >= 4 is 45.8 Å². The van der Waals surface area contributed by atoms with Gasteiger partial charge in [-0.2, -0.15) is 0 Å². The summed E-state index contributed by atoms with van der Waals surface area (Å²) in [6.07, 6.45) is 2.73. The van der Waals surface area contributed by atoms with Gasteiger partial charge in [-0.3, -0.25) is 0 Å². The van der Waals surface area contributed by atoms with Gasteiger partial charge in [-0.15, -0.1) is 11.3 Å². The van der Waals surface area contributed by atoms with Crippen molar-refractivity contribution in [2.24, 2.45) is 5.73 Å². The Labute approximate surface area is 126 Å². The third-order valence-corrected chi connectivity index (χ3v) is 4.08. The molecule has 0 aliphatic heterocycles. The number of anilines is 1. The van der Waals surface area contributed by atoms with Gasteiger partial charge in [-0.25, -0.2) is 4.98 Å². The third kappa shape index (κ3) is 3.43. The number of thiocarbonyl (C=S) groups is 1. The second kappa shape index (κ2) is 6.32. The zero-order valence-electron chi connectivity index (χ0n) is 10.4. The SMILES string of the molecule is CCC(Nc1ccc(Cl)cc1C(N)=S)c1nccs1. The summed E-state index contributed by atoms with van der Waals surface area (Å²) in [4.78, 5) is 4.67. The summed E-state index contributed by atoms with van der Waals surface area (Å²) in [7, 11) is 0. The van der Waals surface area contributed by atoms with Crippen molar-refractivity contribution in [3.63, 3.8) is 0 Å².